The van der Waals surface area contributed by atoms with Gasteiger partial charge >= 0.3 is 0 Å². The van der Waals surface area contributed by atoms with Crippen LogP contribution in [0.4, 0.5) is 0 Å². The smallest absolute Gasteiger partial charge is 0.254 e. The Hall–Kier alpha value is -2.10. The van der Waals surface area contributed by atoms with Crippen LogP contribution in [0.5, 0.6) is 0 Å². The molecule has 4 heteroatoms. The molecule has 2 unspecified atom stereocenters. The zero-order valence-corrected chi connectivity index (χ0v) is 13.0. The molecule has 1 amide bonds. The molecule has 0 saturated heterocycles. The van der Waals surface area contributed by atoms with E-state index in [1.54, 1.807) is 6.20 Å². The number of hydrogen-bond acceptors (Lipinski definition) is 2. The molecule has 1 fully saturated rings. The zero-order chi connectivity index (χ0) is 15.4. The quantitative estimate of drug-likeness (QED) is 0.941. The summed E-state index contributed by atoms with van der Waals surface area (Å²) < 4.78 is 1.81. The summed E-state index contributed by atoms with van der Waals surface area (Å²) in [6, 6.07) is 10.4. The average molecular weight is 297 g/mol. The summed E-state index contributed by atoms with van der Waals surface area (Å²) in [4.78, 5) is 12.4. The molecule has 4 nitrogen and oxygen atoms in total. The van der Waals surface area contributed by atoms with Crippen LogP contribution in [0.3, 0.4) is 0 Å². The van der Waals surface area contributed by atoms with E-state index in [0.29, 0.717) is 24.1 Å². The van der Waals surface area contributed by atoms with Gasteiger partial charge in [-0.2, -0.15) is 5.10 Å². The average Bonchev–Trinajstić information content (AvgIpc) is 2.99. The van der Waals surface area contributed by atoms with E-state index in [4.69, 9.17) is 0 Å². The Labute approximate surface area is 131 Å². The predicted octanol–water partition coefficient (Wildman–Crippen LogP) is 3.24. The van der Waals surface area contributed by atoms with Crippen LogP contribution in [-0.4, -0.2) is 21.7 Å². The van der Waals surface area contributed by atoms with Crippen LogP contribution < -0.4 is 5.32 Å². The highest BCUT2D eigenvalue weighted by Crippen LogP contribution is 2.23. The lowest BCUT2D eigenvalue weighted by atomic mass is 9.86. The lowest BCUT2D eigenvalue weighted by molar-refractivity contribution is 0.0910. The second-order valence-corrected chi connectivity index (χ2v) is 6.25. The van der Waals surface area contributed by atoms with Crippen molar-refractivity contribution in [3.8, 4) is 0 Å². The minimum atomic E-state index is -0.00179. The van der Waals surface area contributed by atoms with Gasteiger partial charge in [-0.3, -0.25) is 9.48 Å². The van der Waals surface area contributed by atoms with Crippen LogP contribution >= 0.6 is 0 Å². The summed E-state index contributed by atoms with van der Waals surface area (Å²) in [6.45, 7) is 2.91. The van der Waals surface area contributed by atoms with E-state index in [1.165, 1.54) is 24.8 Å². The maximum absolute atomic E-state index is 12.4. The van der Waals surface area contributed by atoms with Crippen molar-refractivity contribution >= 4 is 5.91 Å². The number of amides is 1. The van der Waals surface area contributed by atoms with Crippen LogP contribution in [-0.2, 0) is 6.54 Å². The highest BCUT2D eigenvalue weighted by molar-refractivity contribution is 5.93. The highest BCUT2D eigenvalue weighted by atomic mass is 16.1. The van der Waals surface area contributed by atoms with Gasteiger partial charge in [0.2, 0.25) is 0 Å². The van der Waals surface area contributed by atoms with Gasteiger partial charge in [0.15, 0.2) is 0 Å². The summed E-state index contributed by atoms with van der Waals surface area (Å²) in [6.07, 6.45) is 8.27. The molecule has 0 spiro atoms. The van der Waals surface area contributed by atoms with E-state index in [9.17, 15) is 4.79 Å². The Bertz CT molecular complexity index is 620. The highest BCUT2D eigenvalue weighted by Gasteiger charge is 2.23. The second kappa shape index (κ2) is 6.77. The molecule has 1 heterocycles. The first-order chi connectivity index (χ1) is 10.7. The first kappa shape index (κ1) is 14.8. The molecule has 1 saturated carbocycles. The number of hydrogen-bond donors (Lipinski definition) is 1. The summed E-state index contributed by atoms with van der Waals surface area (Å²) in [7, 11) is 0. The van der Waals surface area contributed by atoms with E-state index in [1.807, 2.05) is 29.1 Å². The van der Waals surface area contributed by atoms with Gasteiger partial charge < -0.3 is 5.32 Å². The van der Waals surface area contributed by atoms with Crippen molar-refractivity contribution in [2.24, 2.45) is 5.92 Å². The fourth-order valence-electron chi connectivity index (χ4n) is 3.12. The van der Waals surface area contributed by atoms with Crippen LogP contribution in [0.1, 0.15) is 48.5 Å². The topological polar surface area (TPSA) is 46.9 Å². The Morgan fingerprint density at radius 3 is 2.82 bits per heavy atom. The largest absolute Gasteiger partial charge is 0.349 e. The number of nitrogens with zero attached hydrogens (tertiary/aromatic N) is 2. The Balaban J connectivity index is 1.61. The molecular weight excluding hydrogens is 274 g/mol. The number of carbonyl (C=O) groups is 1. The third-order valence-electron chi connectivity index (χ3n) is 4.51. The second-order valence-electron chi connectivity index (χ2n) is 6.25. The summed E-state index contributed by atoms with van der Waals surface area (Å²) in [5.41, 5.74) is 1.83. The maximum Gasteiger partial charge on any atom is 0.254 e. The van der Waals surface area contributed by atoms with Gasteiger partial charge in [0.25, 0.3) is 5.91 Å². The standard InChI is InChI=1S/C18H23N3O/c1-14-7-5-6-10-17(14)20-18(22)16-11-19-21(13-16)12-15-8-3-2-4-9-15/h2-4,8-9,11,13-14,17H,5-7,10,12H2,1H3,(H,20,22). The normalized spacial score (nSPS) is 21.5. The van der Waals surface area contributed by atoms with Crippen LogP contribution in [0, 0.1) is 5.92 Å². The molecular formula is C18H23N3O. The Kier molecular flexibility index (Phi) is 4.56. The Morgan fingerprint density at radius 2 is 2.05 bits per heavy atom. The van der Waals surface area contributed by atoms with Crippen molar-refractivity contribution in [3.63, 3.8) is 0 Å². The molecule has 3 rings (SSSR count). The van der Waals surface area contributed by atoms with Crippen molar-refractivity contribution in [1.82, 2.24) is 15.1 Å². The van der Waals surface area contributed by atoms with Crippen LogP contribution in [0.25, 0.3) is 0 Å². The predicted molar refractivity (Wildman–Crippen MR) is 86.7 cm³/mol. The maximum atomic E-state index is 12.4. The molecule has 0 radical (unpaired) electrons. The molecule has 0 bridgehead atoms. The molecule has 1 aromatic carbocycles. The summed E-state index contributed by atoms with van der Waals surface area (Å²) in [5, 5.41) is 7.47. The molecule has 116 valence electrons. The summed E-state index contributed by atoms with van der Waals surface area (Å²) >= 11 is 0. The van der Waals surface area contributed by atoms with Crippen molar-refractivity contribution in [3.05, 3.63) is 53.9 Å². The van der Waals surface area contributed by atoms with E-state index < -0.39 is 0 Å². The van der Waals surface area contributed by atoms with E-state index in [0.717, 1.165) is 6.42 Å². The fraction of sp³-hybridized carbons (Fsp3) is 0.444. The molecule has 22 heavy (non-hydrogen) atoms. The number of aromatic nitrogens is 2. The SMILES string of the molecule is CC1CCCCC1NC(=O)c1cnn(Cc2ccccc2)c1. The fourth-order valence-corrected chi connectivity index (χ4v) is 3.12. The molecule has 1 aromatic heterocycles. The van der Waals surface area contributed by atoms with Crippen molar-refractivity contribution in [2.75, 3.05) is 0 Å². The van der Waals surface area contributed by atoms with Gasteiger partial charge in [0.1, 0.15) is 0 Å². The molecule has 1 aliphatic carbocycles. The minimum Gasteiger partial charge on any atom is -0.349 e. The monoisotopic (exact) mass is 297 g/mol. The third kappa shape index (κ3) is 3.56. The number of benzene rings is 1. The first-order valence-electron chi connectivity index (χ1n) is 8.09. The van der Waals surface area contributed by atoms with Gasteiger partial charge in [0.05, 0.1) is 18.3 Å². The molecule has 1 aliphatic rings. The lowest BCUT2D eigenvalue weighted by Crippen LogP contribution is -2.40. The zero-order valence-electron chi connectivity index (χ0n) is 13.0. The number of rotatable bonds is 4. The van der Waals surface area contributed by atoms with Gasteiger partial charge in [-0.25, -0.2) is 0 Å². The minimum absolute atomic E-state index is 0.00179. The van der Waals surface area contributed by atoms with E-state index in [-0.39, 0.29) is 5.91 Å². The first-order valence-corrected chi connectivity index (χ1v) is 8.09. The van der Waals surface area contributed by atoms with Gasteiger partial charge in [-0.15, -0.1) is 0 Å². The van der Waals surface area contributed by atoms with Gasteiger partial charge in [-0.1, -0.05) is 50.1 Å². The van der Waals surface area contributed by atoms with E-state index >= 15 is 0 Å². The van der Waals surface area contributed by atoms with Gasteiger partial charge in [-0.05, 0) is 24.3 Å². The molecule has 0 aliphatic heterocycles. The number of nitrogens with one attached hydrogen (secondary N) is 1. The van der Waals surface area contributed by atoms with Crippen LogP contribution in [0.15, 0.2) is 42.7 Å². The number of carbonyl (C=O) groups excluding carboxylic acids is 1. The van der Waals surface area contributed by atoms with Crippen LogP contribution in [0.2, 0.25) is 0 Å². The molecule has 2 aromatic rings. The summed E-state index contributed by atoms with van der Waals surface area (Å²) in [5.74, 6) is 0.565. The third-order valence-corrected chi connectivity index (χ3v) is 4.51. The van der Waals surface area contributed by atoms with Crippen molar-refractivity contribution in [1.29, 1.82) is 0 Å². The lowest BCUT2D eigenvalue weighted by Gasteiger charge is -2.29. The van der Waals surface area contributed by atoms with Crippen molar-refractivity contribution in [2.45, 2.75) is 45.2 Å². The Morgan fingerprint density at radius 1 is 1.27 bits per heavy atom. The van der Waals surface area contributed by atoms with E-state index in [2.05, 4.69) is 29.5 Å². The molecule has 1 N–H and O–H groups in total. The van der Waals surface area contributed by atoms with Gasteiger partial charge in [0, 0.05) is 12.2 Å². The molecule has 2 atom stereocenters. The van der Waals surface area contributed by atoms with Crippen molar-refractivity contribution < 1.29 is 4.79 Å².